The predicted molar refractivity (Wildman–Crippen MR) is 148 cm³/mol. The SMILES string of the molecule is Cc1cc(Sc2ccc(N=Nc3ccc(S(=O)(=O)N=C(N)N)cc3)cc2)c2c(ccc3ccccc32)n1. The van der Waals surface area contributed by atoms with Crippen LogP contribution in [-0.2, 0) is 10.0 Å². The van der Waals surface area contributed by atoms with Gasteiger partial charge >= 0.3 is 0 Å². The van der Waals surface area contributed by atoms with Crippen LogP contribution in [0.5, 0.6) is 0 Å². The zero-order valence-corrected chi connectivity index (χ0v) is 21.4. The number of fused-ring (bicyclic) bond motifs is 3. The Kier molecular flexibility index (Phi) is 6.60. The molecule has 1 aromatic heterocycles. The van der Waals surface area contributed by atoms with Gasteiger partial charge in [0.05, 0.1) is 21.8 Å². The van der Waals surface area contributed by atoms with Crippen molar-refractivity contribution in [3.63, 3.8) is 0 Å². The molecule has 5 rings (SSSR count). The topological polar surface area (TPSA) is 136 Å². The second kappa shape index (κ2) is 10.00. The molecule has 0 radical (unpaired) electrons. The third-order valence-electron chi connectivity index (χ3n) is 5.50. The van der Waals surface area contributed by atoms with Crippen LogP contribution in [-0.4, -0.2) is 19.4 Å². The normalized spacial score (nSPS) is 11.8. The van der Waals surface area contributed by atoms with Crippen LogP contribution in [0.15, 0.2) is 120 Å². The summed E-state index contributed by atoms with van der Waals surface area (Å²) in [5.74, 6) is -0.522. The molecule has 0 atom stereocenters. The van der Waals surface area contributed by atoms with E-state index in [4.69, 9.17) is 16.5 Å². The molecule has 37 heavy (non-hydrogen) atoms. The molecule has 10 heteroatoms. The fourth-order valence-corrected chi connectivity index (χ4v) is 5.81. The summed E-state index contributed by atoms with van der Waals surface area (Å²) in [5.41, 5.74) is 13.5. The Morgan fingerprint density at radius 3 is 2.16 bits per heavy atom. The van der Waals surface area contributed by atoms with Crippen molar-refractivity contribution in [1.82, 2.24) is 4.98 Å². The molecule has 0 amide bonds. The van der Waals surface area contributed by atoms with Crippen LogP contribution in [0.2, 0.25) is 0 Å². The first kappa shape index (κ1) is 24.4. The second-order valence-corrected chi connectivity index (χ2v) is 10.9. The Hall–Kier alpha value is -4.28. The highest BCUT2D eigenvalue weighted by Crippen LogP contribution is 2.38. The molecule has 0 unspecified atom stereocenters. The second-order valence-electron chi connectivity index (χ2n) is 8.22. The summed E-state index contributed by atoms with van der Waals surface area (Å²) in [7, 11) is -3.94. The molecule has 0 aliphatic carbocycles. The third-order valence-corrected chi connectivity index (χ3v) is 7.86. The van der Waals surface area contributed by atoms with Crippen LogP contribution < -0.4 is 11.5 Å². The molecule has 184 valence electrons. The largest absolute Gasteiger partial charge is 0.369 e. The molecule has 4 N–H and O–H groups in total. The number of hydrogen-bond donors (Lipinski definition) is 2. The third kappa shape index (κ3) is 5.45. The van der Waals surface area contributed by atoms with Gasteiger partial charge in [-0.25, -0.2) is 0 Å². The summed E-state index contributed by atoms with van der Waals surface area (Å²) >= 11 is 1.68. The average Bonchev–Trinajstić information content (AvgIpc) is 2.87. The van der Waals surface area contributed by atoms with Crippen molar-refractivity contribution >= 4 is 60.8 Å². The van der Waals surface area contributed by atoms with Gasteiger partial charge in [0.15, 0.2) is 0 Å². The van der Waals surface area contributed by atoms with Gasteiger partial charge in [-0.15, -0.1) is 4.40 Å². The summed E-state index contributed by atoms with van der Waals surface area (Å²) in [6.45, 7) is 2.00. The Morgan fingerprint density at radius 2 is 1.49 bits per heavy atom. The lowest BCUT2D eigenvalue weighted by molar-refractivity contribution is 0.598. The van der Waals surface area contributed by atoms with Crippen molar-refractivity contribution in [2.75, 3.05) is 0 Å². The van der Waals surface area contributed by atoms with Crippen LogP contribution in [0, 0.1) is 6.92 Å². The number of pyridine rings is 1. The van der Waals surface area contributed by atoms with E-state index in [9.17, 15) is 8.42 Å². The summed E-state index contributed by atoms with van der Waals surface area (Å²) < 4.78 is 27.4. The van der Waals surface area contributed by atoms with Gasteiger partial charge in [-0.1, -0.05) is 42.1 Å². The molecule has 0 aliphatic heterocycles. The maximum absolute atomic E-state index is 12.0. The molecule has 1 heterocycles. The van der Waals surface area contributed by atoms with Crippen LogP contribution in [0.4, 0.5) is 11.4 Å². The van der Waals surface area contributed by atoms with Crippen LogP contribution >= 0.6 is 11.8 Å². The number of nitrogens with zero attached hydrogens (tertiary/aromatic N) is 4. The van der Waals surface area contributed by atoms with E-state index in [0.29, 0.717) is 11.4 Å². The molecular formula is C27H22N6O2S2. The number of aryl methyl sites for hydroxylation is 1. The molecule has 4 aromatic carbocycles. The number of rotatable bonds is 6. The van der Waals surface area contributed by atoms with E-state index in [1.165, 1.54) is 35.0 Å². The number of hydrogen-bond acceptors (Lipinski definition) is 6. The van der Waals surface area contributed by atoms with Gasteiger partial charge in [-0.05, 0) is 78.4 Å². The summed E-state index contributed by atoms with van der Waals surface area (Å²) in [6, 6.07) is 28.2. The van der Waals surface area contributed by atoms with Crippen molar-refractivity contribution in [3.05, 3.63) is 96.7 Å². The quantitative estimate of drug-likeness (QED) is 0.117. The van der Waals surface area contributed by atoms with E-state index >= 15 is 0 Å². The molecule has 0 bridgehead atoms. The Bertz CT molecular complexity index is 1780. The summed E-state index contributed by atoms with van der Waals surface area (Å²) in [6.07, 6.45) is 0. The minimum Gasteiger partial charge on any atom is -0.369 e. The monoisotopic (exact) mass is 526 g/mol. The first-order valence-electron chi connectivity index (χ1n) is 11.2. The van der Waals surface area contributed by atoms with Crippen LogP contribution in [0.3, 0.4) is 0 Å². The fourth-order valence-electron chi connectivity index (χ4n) is 3.88. The number of benzene rings is 4. The summed E-state index contributed by atoms with van der Waals surface area (Å²) in [5, 5.41) is 11.9. The van der Waals surface area contributed by atoms with Gasteiger partial charge in [0.25, 0.3) is 10.0 Å². The molecule has 0 fully saturated rings. The number of aromatic nitrogens is 1. The van der Waals surface area contributed by atoms with Crippen LogP contribution in [0.1, 0.15) is 5.69 Å². The van der Waals surface area contributed by atoms with Crippen molar-refractivity contribution < 1.29 is 8.42 Å². The van der Waals surface area contributed by atoms with Crippen molar-refractivity contribution in [2.24, 2.45) is 26.1 Å². The Balaban J connectivity index is 1.36. The van der Waals surface area contributed by atoms with Crippen molar-refractivity contribution in [3.8, 4) is 0 Å². The first-order chi connectivity index (χ1) is 17.8. The van der Waals surface area contributed by atoms with Gasteiger partial charge < -0.3 is 11.5 Å². The van der Waals surface area contributed by atoms with Gasteiger partial charge in [-0.3, -0.25) is 4.98 Å². The van der Waals surface area contributed by atoms with E-state index < -0.39 is 16.0 Å². The fraction of sp³-hybridized carbons (Fsp3) is 0.0370. The number of guanidine groups is 1. The molecule has 0 spiro atoms. The molecule has 0 saturated carbocycles. The van der Waals surface area contributed by atoms with Crippen molar-refractivity contribution in [1.29, 1.82) is 0 Å². The zero-order valence-electron chi connectivity index (χ0n) is 19.7. The smallest absolute Gasteiger partial charge is 0.285 e. The maximum Gasteiger partial charge on any atom is 0.285 e. The standard InChI is InChI=1S/C27H22N6O2S2/c1-17-16-25(26-23-5-3-2-4-18(23)6-15-24(26)30-17)36-21-11-7-19(8-12-21)31-32-20-9-13-22(14-10-20)37(34,35)33-27(28)29/h2-16H,1H3,(H4,28,29,33). The van der Waals surface area contributed by atoms with Gasteiger partial charge in [-0.2, -0.15) is 18.6 Å². The summed E-state index contributed by atoms with van der Waals surface area (Å²) in [4.78, 5) is 6.91. The first-order valence-corrected chi connectivity index (χ1v) is 13.5. The molecule has 8 nitrogen and oxygen atoms in total. The predicted octanol–water partition coefficient (Wildman–Crippen LogP) is 6.23. The van der Waals surface area contributed by atoms with Crippen LogP contribution in [0.25, 0.3) is 21.7 Å². The van der Waals surface area contributed by atoms with Gasteiger partial charge in [0.1, 0.15) is 0 Å². The van der Waals surface area contributed by atoms with E-state index in [-0.39, 0.29) is 4.90 Å². The van der Waals surface area contributed by atoms with Crippen molar-refractivity contribution in [2.45, 2.75) is 21.6 Å². The van der Waals surface area contributed by atoms with E-state index in [1.54, 1.807) is 11.8 Å². The minimum atomic E-state index is -3.94. The van der Waals surface area contributed by atoms with Gasteiger partial charge in [0, 0.05) is 20.9 Å². The van der Waals surface area contributed by atoms with E-state index in [0.717, 1.165) is 26.4 Å². The lowest BCUT2D eigenvalue weighted by Gasteiger charge is -2.11. The Morgan fingerprint density at radius 1 is 0.838 bits per heavy atom. The lowest BCUT2D eigenvalue weighted by Crippen LogP contribution is -2.24. The highest BCUT2D eigenvalue weighted by Gasteiger charge is 2.13. The zero-order chi connectivity index (χ0) is 26.0. The lowest BCUT2D eigenvalue weighted by atomic mass is 10.0. The molecule has 0 aliphatic rings. The highest BCUT2D eigenvalue weighted by atomic mass is 32.2. The highest BCUT2D eigenvalue weighted by molar-refractivity contribution is 7.99. The molecule has 0 saturated heterocycles. The number of azo groups is 1. The van der Waals surface area contributed by atoms with E-state index in [1.807, 2.05) is 43.3 Å². The Labute approximate surface area is 218 Å². The molecule has 5 aromatic rings. The maximum atomic E-state index is 12.0. The van der Waals surface area contributed by atoms with Gasteiger partial charge in [0.2, 0.25) is 5.96 Å². The number of sulfonamides is 1. The molecular weight excluding hydrogens is 504 g/mol. The average molecular weight is 527 g/mol. The number of nitrogens with two attached hydrogens (primary N) is 2. The van der Waals surface area contributed by atoms with E-state index in [2.05, 4.69) is 45.0 Å². The minimum absolute atomic E-state index is 0.0344.